The highest BCUT2D eigenvalue weighted by Gasteiger charge is 2.31. The summed E-state index contributed by atoms with van der Waals surface area (Å²) >= 11 is 5.85. The summed E-state index contributed by atoms with van der Waals surface area (Å²) in [6.07, 6.45) is 1.78. The molecular weight excluding hydrogens is 312 g/mol. The molecule has 0 bridgehead atoms. The van der Waals surface area contributed by atoms with Crippen LogP contribution in [0.25, 0.3) is 5.76 Å². The Balaban J connectivity index is 1.78. The standard InChI is InChI=1S/C19H15ClO3/c20-13-10-8-12(9-11-13)4-3-7-16-17(21)14-5-1-2-6-15(14)18(22)19(16)23/h1-2,5-6,8-11,21H,3-4,7H2. The number of ketones is 2. The second-order valence-electron chi connectivity index (χ2n) is 5.51. The van der Waals surface area contributed by atoms with Crippen molar-refractivity contribution in [1.82, 2.24) is 0 Å². The molecule has 2 aromatic rings. The highest BCUT2D eigenvalue weighted by atomic mass is 35.5. The van der Waals surface area contributed by atoms with Gasteiger partial charge in [-0.05, 0) is 37.0 Å². The van der Waals surface area contributed by atoms with E-state index in [-0.39, 0.29) is 16.9 Å². The van der Waals surface area contributed by atoms with Crippen molar-refractivity contribution in [3.63, 3.8) is 0 Å². The minimum absolute atomic E-state index is 0.0682. The normalized spacial score (nSPS) is 14.1. The predicted molar refractivity (Wildman–Crippen MR) is 89.7 cm³/mol. The molecule has 0 unspecified atom stereocenters. The van der Waals surface area contributed by atoms with Crippen LogP contribution < -0.4 is 0 Å². The number of Topliss-reactive ketones (excluding diaryl/α,β-unsaturated/α-hetero) is 2. The van der Waals surface area contributed by atoms with Crippen molar-refractivity contribution in [3.05, 3.63) is 75.8 Å². The zero-order chi connectivity index (χ0) is 16.4. The third-order valence-electron chi connectivity index (χ3n) is 4.00. The van der Waals surface area contributed by atoms with Crippen molar-refractivity contribution < 1.29 is 14.7 Å². The number of rotatable bonds is 4. The summed E-state index contributed by atoms with van der Waals surface area (Å²) in [6.45, 7) is 0. The van der Waals surface area contributed by atoms with Crippen LogP contribution >= 0.6 is 11.6 Å². The molecule has 23 heavy (non-hydrogen) atoms. The summed E-state index contributed by atoms with van der Waals surface area (Å²) in [5.41, 5.74) is 2.03. The lowest BCUT2D eigenvalue weighted by atomic mass is 9.86. The van der Waals surface area contributed by atoms with Gasteiger partial charge >= 0.3 is 0 Å². The number of carbonyl (C=O) groups excluding carboxylic acids is 2. The van der Waals surface area contributed by atoms with Gasteiger partial charge in [-0.2, -0.15) is 0 Å². The van der Waals surface area contributed by atoms with Crippen LogP contribution in [0.15, 0.2) is 54.1 Å². The lowest BCUT2D eigenvalue weighted by molar-refractivity contribution is -0.112. The molecule has 1 N–H and O–H groups in total. The summed E-state index contributed by atoms with van der Waals surface area (Å²) < 4.78 is 0. The third-order valence-corrected chi connectivity index (χ3v) is 4.25. The molecule has 116 valence electrons. The number of carbonyl (C=O) groups is 2. The van der Waals surface area contributed by atoms with Crippen LogP contribution in [0, 0.1) is 0 Å². The molecule has 4 heteroatoms. The Bertz CT molecular complexity index is 804. The molecule has 3 nitrogen and oxygen atoms in total. The van der Waals surface area contributed by atoms with E-state index in [9.17, 15) is 14.7 Å². The zero-order valence-electron chi connectivity index (χ0n) is 12.4. The van der Waals surface area contributed by atoms with E-state index in [1.807, 2.05) is 24.3 Å². The Kier molecular flexibility index (Phi) is 4.30. The molecule has 1 aliphatic rings. The fraction of sp³-hybridized carbons (Fsp3) is 0.158. The molecule has 0 spiro atoms. The van der Waals surface area contributed by atoms with E-state index < -0.39 is 11.6 Å². The van der Waals surface area contributed by atoms with E-state index in [0.29, 0.717) is 23.4 Å². The first-order chi connectivity index (χ1) is 11.1. The Morgan fingerprint density at radius 3 is 2.17 bits per heavy atom. The molecule has 0 aromatic heterocycles. The third kappa shape index (κ3) is 3.06. The van der Waals surface area contributed by atoms with Crippen LogP contribution in [0.3, 0.4) is 0 Å². The second-order valence-corrected chi connectivity index (χ2v) is 5.95. The monoisotopic (exact) mass is 326 g/mol. The number of hydrogen-bond acceptors (Lipinski definition) is 3. The van der Waals surface area contributed by atoms with Crippen molar-refractivity contribution in [2.24, 2.45) is 0 Å². The maximum Gasteiger partial charge on any atom is 0.234 e. The fourth-order valence-electron chi connectivity index (χ4n) is 2.77. The van der Waals surface area contributed by atoms with Crippen molar-refractivity contribution in [2.75, 3.05) is 0 Å². The molecular formula is C19H15ClO3. The van der Waals surface area contributed by atoms with Gasteiger partial charge in [0.25, 0.3) is 0 Å². The van der Waals surface area contributed by atoms with Gasteiger partial charge in [-0.3, -0.25) is 9.59 Å². The van der Waals surface area contributed by atoms with Crippen molar-refractivity contribution in [2.45, 2.75) is 19.3 Å². The van der Waals surface area contributed by atoms with Gasteiger partial charge in [0.1, 0.15) is 5.76 Å². The average Bonchev–Trinajstić information content (AvgIpc) is 2.57. The number of benzene rings is 2. The molecule has 0 heterocycles. The van der Waals surface area contributed by atoms with Gasteiger partial charge in [0, 0.05) is 21.7 Å². The SMILES string of the molecule is O=C1C(=O)c2ccccc2C(O)=C1CCCc1ccc(Cl)cc1. The molecule has 1 aliphatic carbocycles. The van der Waals surface area contributed by atoms with Crippen molar-refractivity contribution >= 4 is 28.9 Å². The first-order valence-corrected chi connectivity index (χ1v) is 7.80. The van der Waals surface area contributed by atoms with Gasteiger partial charge in [0.15, 0.2) is 0 Å². The van der Waals surface area contributed by atoms with E-state index >= 15 is 0 Å². The minimum atomic E-state index is -0.600. The highest BCUT2D eigenvalue weighted by molar-refractivity contribution is 6.52. The Morgan fingerprint density at radius 1 is 0.826 bits per heavy atom. The van der Waals surface area contributed by atoms with Crippen LogP contribution in [0.1, 0.15) is 34.3 Å². The van der Waals surface area contributed by atoms with Gasteiger partial charge in [0.05, 0.1) is 0 Å². The number of allylic oxidation sites excluding steroid dienone is 1. The summed E-state index contributed by atoms with van der Waals surface area (Å²) in [7, 11) is 0. The van der Waals surface area contributed by atoms with Crippen molar-refractivity contribution in [3.8, 4) is 0 Å². The molecule has 2 aromatic carbocycles. The van der Waals surface area contributed by atoms with Gasteiger partial charge in [-0.25, -0.2) is 0 Å². The Morgan fingerprint density at radius 2 is 1.48 bits per heavy atom. The molecule has 3 rings (SSSR count). The summed E-state index contributed by atoms with van der Waals surface area (Å²) in [5, 5.41) is 11.0. The predicted octanol–water partition coefficient (Wildman–Crippen LogP) is 4.40. The molecule has 0 aliphatic heterocycles. The number of fused-ring (bicyclic) bond motifs is 1. The zero-order valence-corrected chi connectivity index (χ0v) is 13.1. The maximum absolute atomic E-state index is 12.2. The van der Waals surface area contributed by atoms with Gasteiger partial charge in [-0.1, -0.05) is 48.0 Å². The van der Waals surface area contributed by atoms with E-state index in [1.165, 1.54) is 0 Å². The van der Waals surface area contributed by atoms with Crippen LogP contribution in [0.2, 0.25) is 5.02 Å². The average molecular weight is 327 g/mol. The smallest absolute Gasteiger partial charge is 0.234 e. The molecule has 0 saturated heterocycles. The van der Waals surface area contributed by atoms with Crippen LogP contribution in [0.4, 0.5) is 0 Å². The Labute approximate surface area is 139 Å². The summed E-state index contributed by atoms with van der Waals surface area (Å²) in [4.78, 5) is 24.3. The summed E-state index contributed by atoms with van der Waals surface area (Å²) in [5.74, 6) is -1.21. The maximum atomic E-state index is 12.2. The van der Waals surface area contributed by atoms with Crippen LogP contribution in [-0.4, -0.2) is 16.7 Å². The van der Waals surface area contributed by atoms with Gasteiger partial charge in [0.2, 0.25) is 11.6 Å². The van der Waals surface area contributed by atoms with Crippen LogP contribution in [0.5, 0.6) is 0 Å². The molecule has 0 atom stereocenters. The first-order valence-electron chi connectivity index (χ1n) is 7.43. The molecule has 0 fully saturated rings. The molecule has 0 radical (unpaired) electrons. The number of aliphatic hydroxyl groups is 1. The van der Waals surface area contributed by atoms with E-state index in [1.54, 1.807) is 24.3 Å². The van der Waals surface area contributed by atoms with E-state index in [4.69, 9.17) is 11.6 Å². The molecule has 0 saturated carbocycles. The fourth-order valence-corrected chi connectivity index (χ4v) is 2.90. The van der Waals surface area contributed by atoms with E-state index in [2.05, 4.69) is 0 Å². The summed E-state index contributed by atoms with van der Waals surface area (Å²) in [6, 6.07) is 14.1. The minimum Gasteiger partial charge on any atom is -0.507 e. The largest absolute Gasteiger partial charge is 0.507 e. The molecule has 0 amide bonds. The number of aliphatic hydroxyl groups excluding tert-OH is 1. The quantitative estimate of drug-likeness (QED) is 0.847. The van der Waals surface area contributed by atoms with Crippen molar-refractivity contribution in [1.29, 1.82) is 0 Å². The van der Waals surface area contributed by atoms with Crippen LogP contribution in [-0.2, 0) is 11.2 Å². The number of aryl methyl sites for hydroxylation is 1. The number of halogens is 1. The lowest BCUT2D eigenvalue weighted by Gasteiger charge is -2.17. The number of hydrogen-bond donors (Lipinski definition) is 1. The lowest BCUT2D eigenvalue weighted by Crippen LogP contribution is -2.24. The highest BCUT2D eigenvalue weighted by Crippen LogP contribution is 2.30. The topological polar surface area (TPSA) is 54.4 Å². The van der Waals surface area contributed by atoms with E-state index in [0.717, 1.165) is 12.0 Å². The van der Waals surface area contributed by atoms with Gasteiger partial charge < -0.3 is 5.11 Å². The second kappa shape index (κ2) is 6.39. The van der Waals surface area contributed by atoms with Gasteiger partial charge in [-0.15, -0.1) is 0 Å². The first kappa shape index (κ1) is 15.5. The Hall–Kier alpha value is -2.39.